The molecule has 3 aromatic rings. The van der Waals surface area contributed by atoms with Crippen LogP contribution in [0.25, 0.3) is 11.1 Å². The van der Waals surface area contributed by atoms with Gasteiger partial charge in [0.25, 0.3) is 0 Å². The molecule has 10 heteroatoms. The number of carboxylic acid groups (broad SMARTS) is 1. The van der Waals surface area contributed by atoms with Crippen LogP contribution in [0.2, 0.25) is 0 Å². The van der Waals surface area contributed by atoms with Gasteiger partial charge in [0, 0.05) is 48.7 Å². The molecule has 8 nitrogen and oxygen atoms in total. The number of benzene rings is 2. The third-order valence-corrected chi connectivity index (χ3v) is 5.43. The smallest absolute Gasteiger partial charge is 0.305 e. The van der Waals surface area contributed by atoms with Crippen LogP contribution >= 0.6 is 0 Å². The molecule has 0 aliphatic carbocycles. The van der Waals surface area contributed by atoms with Crippen molar-refractivity contribution in [3.8, 4) is 11.1 Å². The zero-order valence-corrected chi connectivity index (χ0v) is 23.0. The number of nitrogens with one attached hydrogen (secondary N) is 3. The van der Waals surface area contributed by atoms with Crippen LogP contribution in [0.15, 0.2) is 66.9 Å². The predicted octanol–water partition coefficient (Wildman–Crippen LogP) is 3.46. The first-order chi connectivity index (χ1) is 17.3. The molecule has 1 atom stereocenters. The van der Waals surface area contributed by atoms with Crippen LogP contribution in [0.5, 0.6) is 0 Å². The summed E-state index contributed by atoms with van der Waals surface area (Å²) in [5, 5.41) is 17.7. The van der Waals surface area contributed by atoms with Crippen molar-refractivity contribution in [2.75, 3.05) is 18.4 Å². The third kappa shape index (κ3) is 10.3. The monoisotopic (exact) mass is 515 g/mol. The van der Waals surface area contributed by atoms with Crippen molar-refractivity contribution < 1.29 is 23.9 Å². The molecular weight excluding hydrogens is 486 g/mol. The molecule has 37 heavy (non-hydrogen) atoms. The number of amides is 2. The number of carboxylic acids is 1. The molecule has 1 unspecified atom stereocenters. The van der Waals surface area contributed by atoms with E-state index in [1.54, 1.807) is 36.5 Å². The maximum Gasteiger partial charge on any atom is 0.305 e. The summed E-state index contributed by atoms with van der Waals surface area (Å²) in [6.07, 6.45) is 2.16. The van der Waals surface area contributed by atoms with Crippen LogP contribution in [0.1, 0.15) is 36.4 Å². The Morgan fingerprint density at radius 2 is 1.76 bits per heavy atom. The summed E-state index contributed by atoms with van der Waals surface area (Å²) in [4.78, 5) is 40.2. The number of nitrogens with zero attached hydrogens (tertiary/aromatic N) is 1. The van der Waals surface area contributed by atoms with Gasteiger partial charge in [0.05, 0.1) is 19.0 Å². The second kappa shape index (κ2) is 15.1. The fourth-order valence-electron chi connectivity index (χ4n) is 3.62. The summed E-state index contributed by atoms with van der Waals surface area (Å²) in [5.41, 5.74) is 3.20. The number of carbonyl (C=O) groups is 3. The Kier molecular flexibility index (Phi) is 12.2. The van der Waals surface area contributed by atoms with Gasteiger partial charge in [-0.05, 0) is 65.9 Å². The molecule has 1 radical (unpaired) electrons. The van der Waals surface area contributed by atoms with Gasteiger partial charge >= 0.3 is 5.97 Å². The average molecular weight is 516 g/mol. The van der Waals surface area contributed by atoms with Gasteiger partial charge in [0.1, 0.15) is 11.6 Å². The summed E-state index contributed by atoms with van der Waals surface area (Å²) in [6.45, 7) is 2.26. The molecular formula is C27H29FN4NaO4. The molecule has 0 fully saturated rings. The largest absolute Gasteiger partial charge is 0.481 e. The number of halogens is 1. The first-order valence-electron chi connectivity index (χ1n) is 11.6. The van der Waals surface area contributed by atoms with E-state index in [-0.39, 0.29) is 60.7 Å². The van der Waals surface area contributed by atoms with E-state index in [1.165, 1.54) is 12.1 Å². The minimum atomic E-state index is -1.08. The number of aliphatic carboxylic acids is 1. The molecule has 2 amide bonds. The van der Waals surface area contributed by atoms with Gasteiger partial charge in [0.15, 0.2) is 0 Å². The van der Waals surface area contributed by atoms with Crippen LogP contribution < -0.4 is 16.0 Å². The minimum absolute atomic E-state index is 0. The number of hydrogen-bond acceptors (Lipinski definition) is 5. The van der Waals surface area contributed by atoms with E-state index in [2.05, 4.69) is 20.9 Å². The second-order valence-corrected chi connectivity index (χ2v) is 8.38. The predicted molar refractivity (Wildman–Crippen MR) is 140 cm³/mol. The molecule has 0 spiro atoms. The zero-order valence-electron chi connectivity index (χ0n) is 21.0. The number of rotatable bonds is 12. The molecule has 2 aromatic carbocycles. The van der Waals surface area contributed by atoms with Crippen LogP contribution in [0.3, 0.4) is 0 Å². The Bertz CT molecular complexity index is 1210. The normalized spacial score (nSPS) is 11.1. The van der Waals surface area contributed by atoms with E-state index >= 15 is 0 Å². The molecule has 0 aliphatic rings. The maximum absolute atomic E-state index is 13.2. The molecule has 0 saturated heterocycles. The summed E-state index contributed by atoms with van der Waals surface area (Å²) in [7, 11) is 0. The molecule has 0 saturated carbocycles. The van der Waals surface area contributed by atoms with E-state index in [9.17, 15) is 23.9 Å². The van der Waals surface area contributed by atoms with Gasteiger partial charge in [-0.3, -0.25) is 14.4 Å². The molecule has 189 valence electrons. The van der Waals surface area contributed by atoms with E-state index in [0.29, 0.717) is 18.5 Å². The van der Waals surface area contributed by atoms with Crippen molar-refractivity contribution in [3.63, 3.8) is 0 Å². The Labute approximate surface area is 237 Å². The first kappa shape index (κ1) is 30.0. The number of hydrogen-bond donors (Lipinski definition) is 4. The van der Waals surface area contributed by atoms with E-state index in [4.69, 9.17) is 0 Å². The maximum atomic E-state index is 13.2. The van der Waals surface area contributed by atoms with E-state index in [1.807, 2.05) is 25.1 Å². The number of carbonyl (C=O) groups excluding carboxylic acids is 2. The number of pyridine rings is 1. The van der Waals surface area contributed by atoms with Gasteiger partial charge in [0.2, 0.25) is 11.8 Å². The van der Waals surface area contributed by atoms with Crippen LogP contribution in [0, 0.1) is 12.7 Å². The van der Waals surface area contributed by atoms with Gasteiger partial charge < -0.3 is 21.1 Å². The summed E-state index contributed by atoms with van der Waals surface area (Å²) in [5.74, 6) is -1.47. The van der Waals surface area contributed by atoms with Crippen molar-refractivity contribution in [1.29, 1.82) is 0 Å². The quantitative estimate of drug-likeness (QED) is 0.217. The van der Waals surface area contributed by atoms with Crippen molar-refractivity contribution >= 4 is 53.2 Å². The number of aryl methyl sites for hydroxylation is 1. The molecule has 1 heterocycles. The Hall–Kier alpha value is -3.27. The molecule has 0 bridgehead atoms. The third-order valence-electron chi connectivity index (χ3n) is 5.43. The van der Waals surface area contributed by atoms with Crippen LogP contribution in [-0.2, 0) is 14.4 Å². The molecule has 4 N–H and O–H groups in total. The SMILES string of the molecule is Cc1ccnc(NCCCC(=O)NCC(=O)NC(CC(=O)O)c2cccc(-c3ccc(F)cc3)c2)c1.[Na]. The molecule has 1 aromatic heterocycles. The van der Waals surface area contributed by atoms with Crippen molar-refractivity contribution in [1.82, 2.24) is 15.6 Å². The van der Waals surface area contributed by atoms with E-state index < -0.39 is 17.9 Å². The standard InChI is InChI=1S/C27H29FN4O4.Na/c1-18-11-13-30-24(14-18)29-12-3-6-25(33)31-17-26(34)32-23(16-27(35)36)21-5-2-4-20(15-21)19-7-9-22(28)10-8-19;/h2,4-5,7-11,13-15,23H,3,6,12,16-17H2,1H3,(H,29,30)(H,31,33)(H,32,34)(H,35,36);. The first-order valence-corrected chi connectivity index (χ1v) is 11.6. The topological polar surface area (TPSA) is 120 Å². The number of aromatic nitrogens is 1. The van der Waals surface area contributed by atoms with E-state index in [0.717, 1.165) is 22.5 Å². The Morgan fingerprint density at radius 1 is 1.00 bits per heavy atom. The van der Waals surface area contributed by atoms with Crippen LogP contribution in [0.4, 0.5) is 10.2 Å². The number of anilines is 1. The summed E-state index contributed by atoms with van der Waals surface area (Å²) < 4.78 is 13.2. The van der Waals surface area contributed by atoms with Gasteiger partial charge in [-0.1, -0.05) is 30.3 Å². The van der Waals surface area contributed by atoms with Crippen LogP contribution in [-0.4, -0.2) is 70.5 Å². The van der Waals surface area contributed by atoms with Gasteiger partial charge in [-0.2, -0.15) is 0 Å². The average Bonchev–Trinajstić information content (AvgIpc) is 2.85. The van der Waals surface area contributed by atoms with Crippen molar-refractivity contribution in [2.24, 2.45) is 0 Å². The summed E-state index contributed by atoms with van der Waals surface area (Å²) in [6, 6.07) is 16.0. The fraction of sp³-hybridized carbons (Fsp3) is 0.259. The Morgan fingerprint density at radius 3 is 2.46 bits per heavy atom. The van der Waals surface area contributed by atoms with Crippen molar-refractivity contribution in [3.05, 3.63) is 83.8 Å². The van der Waals surface area contributed by atoms with Crippen molar-refractivity contribution in [2.45, 2.75) is 32.2 Å². The summed E-state index contributed by atoms with van der Waals surface area (Å²) >= 11 is 0. The zero-order chi connectivity index (χ0) is 25.9. The molecule has 3 rings (SSSR count). The van der Waals surface area contributed by atoms with Gasteiger partial charge in [-0.15, -0.1) is 0 Å². The second-order valence-electron chi connectivity index (χ2n) is 8.38. The fourth-order valence-corrected chi connectivity index (χ4v) is 3.62. The van der Waals surface area contributed by atoms with Gasteiger partial charge in [-0.25, -0.2) is 9.37 Å². The Balaban J connectivity index is 0.00000481. The molecule has 0 aliphatic heterocycles. The minimum Gasteiger partial charge on any atom is -0.481 e.